The molecule has 0 saturated carbocycles. The minimum absolute atomic E-state index is 0.0688. The van der Waals surface area contributed by atoms with Crippen LogP contribution in [0.4, 0.5) is 0 Å². The molecule has 1 aromatic carbocycles. The molecule has 1 heterocycles. The first-order valence-corrected chi connectivity index (χ1v) is 9.20. The zero-order valence-electron chi connectivity index (χ0n) is 20.2. The Bertz CT molecular complexity index is 850. The highest BCUT2D eigenvalue weighted by Gasteiger charge is 2.22. The van der Waals surface area contributed by atoms with Crippen LogP contribution in [0.15, 0.2) is 30.5 Å². The standard InChI is InChI=1S/C24H36N/c1-17-12-18(2)22(20(13-17)15-24(6,7)8)21-11-10-19(16-25(21)9)14-23(3,4)5/h10-13,16H,14-15H2,1-9H3/q+1/i1D3. The summed E-state index contributed by atoms with van der Waals surface area (Å²) in [6.07, 6.45) is 4.06. The zero-order chi connectivity index (χ0) is 21.5. The molecule has 0 amide bonds. The van der Waals surface area contributed by atoms with Crippen LogP contribution in [-0.4, -0.2) is 0 Å². The van der Waals surface area contributed by atoms with E-state index in [-0.39, 0.29) is 10.8 Å². The summed E-state index contributed by atoms with van der Waals surface area (Å²) < 4.78 is 25.7. The number of pyridine rings is 1. The predicted molar refractivity (Wildman–Crippen MR) is 109 cm³/mol. The number of aryl methyl sites for hydroxylation is 3. The first-order valence-electron chi connectivity index (χ1n) is 10.7. The van der Waals surface area contributed by atoms with E-state index in [1.807, 2.05) is 19.1 Å². The molecule has 1 nitrogen and oxygen atoms in total. The summed E-state index contributed by atoms with van der Waals surface area (Å²) in [6, 6.07) is 8.12. The second-order valence-corrected chi connectivity index (χ2v) is 9.84. The van der Waals surface area contributed by atoms with Crippen molar-refractivity contribution in [3.63, 3.8) is 0 Å². The van der Waals surface area contributed by atoms with E-state index in [1.165, 1.54) is 5.56 Å². The van der Waals surface area contributed by atoms with Crippen molar-refractivity contribution in [2.75, 3.05) is 0 Å². The first kappa shape index (κ1) is 15.6. The van der Waals surface area contributed by atoms with Crippen molar-refractivity contribution in [2.45, 2.75) is 68.2 Å². The fourth-order valence-electron chi connectivity index (χ4n) is 3.58. The zero-order valence-corrected chi connectivity index (χ0v) is 17.2. The highest BCUT2D eigenvalue weighted by atomic mass is 14.9. The number of hydrogen-bond donors (Lipinski definition) is 0. The van der Waals surface area contributed by atoms with Gasteiger partial charge in [0.05, 0.1) is 5.56 Å². The fraction of sp³-hybridized carbons (Fsp3) is 0.542. The quantitative estimate of drug-likeness (QED) is 0.605. The van der Waals surface area contributed by atoms with E-state index < -0.39 is 6.85 Å². The van der Waals surface area contributed by atoms with Gasteiger partial charge >= 0.3 is 0 Å². The Balaban J connectivity index is 2.64. The molecule has 0 N–H and O–H groups in total. The molecule has 0 aliphatic carbocycles. The number of rotatable bonds is 3. The molecule has 136 valence electrons. The minimum Gasteiger partial charge on any atom is -0.201 e. The van der Waals surface area contributed by atoms with Crippen LogP contribution in [0.2, 0.25) is 0 Å². The Morgan fingerprint density at radius 3 is 2.12 bits per heavy atom. The van der Waals surface area contributed by atoms with Crippen LogP contribution in [0.1, 0.15) is 67.9 Å². The van der Waals surface area contributed by atoms with E-state index in [4.69, 9.17) is 4.11 Å². The van der Waals surface area contributed by atoms with Gasteiger partial charge in [-0.1, -0.05) is 59.2 Å². The summed E-state index contributed by atoms with van der Waals surface area (Å²) in [5.41, 5.74) is 6.47. The van der Waals surface area contributed by atoms with Crippen LogP contribution in [0.5, 0.6) is 0 Å². The largest absolute Gasteiger partial charge is 0.212 e. The van der Waals surface area contributed by atoms with E-state index in [1.54, 1.807) is 0 Å². The van der Waals surface area contributed by atoms with Crippen LogP contribution < -0.4 is 4.57 Å². The molecule has 0 unspecified atom stereocenters. The van der Waals surface area contributed by atoms with Gasteiger partial charge in [-0.3, -0.25) is 0 Å². The van der Waals surface area contributed by atoms with Crippen LogP contribution >= 0.6 is 0 Å². The van der Waals surface area contributed by atoms with E-state index in [9.17, 15) is 0 Å². The Morgan fingerprint density at radius 1 is 0.960 bits per heavy atom. The summed E-state index contributed by atoms with van der Waals surface area (Å²) in [7, 11) is 2.08. The van der Waals surface area contributed by atoms with E-state index in [2.05, 4.69) is 71.5 Å². The molecule has 0 aliphatic rings. The lowest BCUT2D eigenvalue weighted by atomic mass is 9.83. The molecular formula is C24H36N+. The van der Waals surface area contributed by atoms with Crippen LogP contribution in [0.25, 0.3) is 11.3 Å². The Morgan fingerprint density at radius 2 is 1.60 bits per heavy atom. The van der Waals surface area contributed by atoms with Crippen LogP contribution in [-0.2, 0) is 19.9 Å². The molecule has 0 bridgehead atoms. The predicted octanol–water partition coefficient (Wildman–Crippen LogP) is 5.97. The Kier molecular flexibility index (Phi) is 4.33. The van der Waals surface area contributed by atoms with Crippen molar-refractivity contribution in [3.05, 3.63) is 52.7 Å². The van der Waals surface area contributed by atoms with E-state index >= 15 is 0 Å². The third-order valence-corrected chi connectivity index (χ3v) is 4.32. The summed E-state index contributed by atoms with van der Waals surface area (Å²) in [5.74, 6) is 0. The Labute approximate surface area is 159 Å². The van der Waals surface area contributed by atoms with Crippen molar-refractivity contribution in [1.82, 2.24) is 0 Å². The van der Waals surface area contributed by atoms with E-state index in [0.717, 1.165) is 35.2 Å². The third-order valence-electron chi connectivity index (χ3n) is 4.32. The van der Waals surface area contributed by atoms with Gasteiger partial charge in [-0.15, -0.1) is 0 Å². The fourth-order valence-corrected chi connectivity index (χ4v) is 3.58. The lowest BCUT2D eigenvalue weighted by molar-refractivity contribution is -0.660. The monoisotopic (exact) mass is 341 g/mol. The number of nitrogens with zero attached hydrogens (tertiary/aromatic N) is 1. The topological polar surface area (TPSA) is 3.88 Å². The maximum Gasteiger partial charge on any atom is 0.212 e. The molecule has 1 aromatic heterocycles. The molecule has 0 aliphatic heterocycles. The Hall–Kier alpha value is -1.63. The van der Waals surface area contributed by atoms with E-state index in [0.29, 0.717) is 5.56 Å². The maximum atomic E-state index is 7.85. The SMILES string of the molecule is [2H]C([2H])([2H])c1cc(C)c(-c2ccc(CC(C)(C)C)c[n+]2C)c(CC(C)(C)C)c1. The van der Waals surface area contributed by atoms with Gasteiger partial charge in [-0.2, -0.15) is 0 Å². The molecule has 1 heteroatoms. The van der Waals surface area contributed by atoms with Gasteiger partial charge < -0.3 is 0 Å². The number of hydrogen-bond acceptors (Lipinski definition) is 0. The van der Waals surface area contributed by atoms with Gasteiger partial charge in [0.25, 0.3) is 0 Å². The smallest absolute Gasteiger partial charge is 0.201 e. The van der Waals surface area contributed by atoms with Gasteiger partial charge in [0, 0.05) is 15.7 Å². The summed E-state index contributed by atoms with van der Waals surface area (Å²) in [6.45, 7) is 13.3. The second kappa shape index (κ2) is 6.94. The summed E-state index contributed by atoms with van der Waals surface area (Å²) in [5, 5.41) is 0. The number of benzene rings is 1. The molecule has 2 rings (SSSR count). The molecule has 0 saturated heterocycles. The number of aromatic nitrogens is 1. The van der Waals surface area contributed by atoms with Gasteiger partial charge in [0.15, 0.2) is 6.20 Å². The van der Waals surface area contributed by atoms with Gasteiger partial charge in [-0.25, -0.2) is 4.57 Å². The lowest BCUT2D eigenvalue weighted by Crippen LogP contribution is -2.32. The minimum atomic E-state index is -2.09. The normalized spacial score (nSPS) is 14.8. The summed E-state index contributed by atoms with van der Waals surface area (Å²) in [4.78, 5) is 0. The highest BCUT2D eigenvalue weighted by Crippen LogP contribution is 2.32. The van der Waals surface area contributed by atoms with Crippen molar-refractivity contribution >= 4 is 0 Å². The molecule has 25 heavy (non-hydrogen) atoms. The van der Waals surface area contributed by atoms with Crippen molar-refractivity contribution in [1.29, 1.82) is 0 Å². The van der Waals surface area contributed by atoms with Gasteiger partial charge in [0.2, 0.25) is 5.69 Å². The molecule has 0 radical (unpaired) electrons. The first-order chi connectivity index (χ1) is 12.6. The molecule has 0 atom stereocenters. The maximum absolute atomic E-state index is 7.85. The third kappa shape index (κ3) is 5.42. The van der Waals surface area contributed by atoms with Crippen LogP contribution in [0.3, 0.4) is 0 Å². The van der Waals surface area contributed by atoms with Crippen molar-refractivity contribution in [3.8, 4) is 11.3 Å². The summed E-state index contributed by atoms with van der Waals surface area (Å²) >= 11 is 0. The molecular weight excluding hydrogens is 302 g/mol. The van der Waals surface area contributed by atoms with Gasteiger partial charge in [-0.05, 0) is 54.6 Å². The van der Waals surface area contributed by atoms with Crippen molar-refractivity contribution in [2.24, 2.45) is 17.9 Å². The average molecular weight is 342 g/mol. The average Bonchev–Trinajstić information content (AvgIpc) is 2.44. The molecule has 2 aromatic rings. The second-order valence-electron chi connectivity index (χ2n) is 9.84. The van der Waals surface area contributed by atoms with Crippen LogP contribution in [0, 0.1) is 24.6 Å². The van der Waals surface area contributed by atoms with Gasteiger partial charge in [0.1, 0.15) is 7.05 Å². The lowest BCUT2D eigenvalue weighted by Gasteiger charge is -2.22. The highest BCUT2D eigenvalue weighted by molar-refractivity contribution is 5.66. The van der Waals surface area contributed by atoms with Crippen molar-refractivity contribution < 1.29 is 8.68 Å². The molecule has 0 fully saturated rings. The molecule has 0 spiro atoms.